The van der Waals surface area contributed by atoms with Gasteiger partial charge in [-0.25, -0.2) is 0 Å². The summed E-state index contributed by atoms with van der Waals surface area (Å²) in [5.74, 6) is 0.851. The molecule has 0 aromatic rings. The van der Waals surface area contributed by atoms with Crippen LogP contribution >= 0.6 is 0 Å². The lowest BCUT2D eigenvalue weighted by Gasteiger charge is -2.31. The van der Waals surface area contributed by atoms with Crippen LogP contribution < -0.4 is 5.32 Å². The van der Waals surface area contributed by atoms with E-state index in [-0.39, 0.29) is 18.1 Å². The van der Waals surface area contributed by atoms with Gasteiger partial charge in [0.1, 0.15) is 0 Å². The second-order valence-corrected chi connectivity index (χ2v) is 4.87. The second-order valence-electron chi connectivity index (χ2n) is 4.87. The van der Waals surface area contributed by atoms with Gasteiger partial charge in [0, 0.05) is 20.1 Å². The third-order valence-electron chi connectivity index (χ3n) is 3.54. The molecule has 2 fully saturated rings. The molecule has 0 unspecified atom stereocenters. The van der Waals surface area contributed by atoms with Gasteiger partial charge in [-0.05, 0) is 25.2 Å². The van der Waals surface area contributed by atoms with Gasteiger partial charge in [-0.1, -0.05) is 6.42 Å². The molecule has 4 nitrogen and oxygen atoms in total. The van der Waals surface area contributed by atoms with Crippen LogP contribution in [0.5, 0.6) is 0 Å². The van der Waals surface area contributed by atoms with Crippen LogP contribution in [0.1, 0.15) is 25.7 Å². The predicted octanol–water partition coefficient (Wildman–Crippen LogP) is -0.0323. The van der Waals surface area contributed by atoms with Crippen molar-refractivity contribution < 1.29 is 9.90 Å². The lowest BCUT2D eigenvalue weighted by Crippen LogP contribution is -2.44. The smallest absolute Gasteiger partial charge is 0.239 e. The molecule has 2 aliphatic rings. The highest BCUT2D eigenvalue weighted by atomic mass is 16.3. The first-order valence-electron chi connectivity index (χ1n) is 5.83. The number of likely N-dealkylation sites (N-methyl/N-ethyl adjacent to an activating group) is 1. The molecule has 1 aliphatic carbocycles. The van der Waals surface area contributed by atoms with Crippen molar-refractivity contribution in [3.8, 4) is 0 Å². The molecular weight excluding hydrogens is 192 g/mol. The minimum Gasteiger partial charge on any atom is -0.392 e. The number of β-amino-alcohol motifs (C(OH)–C–C–N with tert-alkyl or cyclic N) is 1. The molecule has 15 heavy (non-hydrogen) atoms. The summed E-state index contributed by atoms with van der Waals surface area (Å²) in [5.41, 5.74) is 0. The highest BCUT2D eigenvalue weighted by molar-refractivity contribution is 5.82. The Hall–Kier alpha value is -0.610. The molecule has 1 amide bonds. The molecule has 0 spiro atoms. The SMILES string of the molecule is CN(CC1CCC1)C(=O)[C@H]1C[C@H](O)CN1. The maximum absolute atomic E-state index is 11.9. The predicted molar refractivity (Wildman–Crippen MR) is 57.4 cm³/mol. The number of aliphatic hydroxyl groups excluding tert-OH is 1. The Balaban J connectivity index is 1.78. The monoisotopic (exact) mass is 212 g/mol. The van der Waals surface area contributed by atoms with Crippen molar-refractivity contribution in [3.05, 3.63) is 0 Å². The van der Waals surface area contributed by atoms with Crippen LogP contribution in [0.15, 0.2) is 0 Å². The molecule has 4 heteroatoms. The summed E-state index contributed by atoms with van der Waals surface area (Å²) in [6.07, 6.45) is 4.05. The standard InChI is InChI=1S/C11H20N2O2/c1-13(7-8-3-2-4-8)11(15)10-5-9(14)6-12-10/h8-10,12,14H,2-7H2,1H3/t9-,10+/m0/s1. The highest BCUT2D eigenvalue weighted by Gasteiger charge is 2.31. The summed E-state index contributed by atoms with van der Waals surface area (Å²) in [4.78, 5) is 13.7. The summed E-state index contributed by atoms with van der Waals surface area (Å²) in [6, 6.07) is -0.162. The molecule has 0 bridgehead atoms. The van der Waals surface area contributed by atoms with Crippen molar-refractivity contribution >= 4 is 5.91 Å². The minimum absolute atomic E-state index is 0.137. The Morgan fingerprint density at radius 3 is 2.73 bits per heavy atom. The molecule has 2 N–H and O–H groups in total. The molecule has 0 aromatic carbocycles. The van der Waals surface area contributed by atoms with E-state index >= 15 is 0 Å². The number of nitrogens with zero attached hydrogens (tertiary/aromatic N) is 1. The number of nitrogens with one attached hydrogen (secondary N) is 1. The van der Waals surface area contributed by atoms with E-state index in [1.54, 1.807) is 0 Å². The van der Waals surface area contributed by atoms with E-state index in [1.807, 2.05) is 11.9 Å². The van der Waals surface area contributed by atoms with E-state index < -0.39 is 0 Å². The van der Waals surface area contributed by atoms with Crippen LogP contribution in [0, 0.1) is 5.92 Å². The van der Waals surface area contributed by atoms with E-state index in [9.17, 15) is 9.90 Å². The molecule has 2 rings (SSSR count). The van der Waals surface area contributed by atoms with Gasteiger partial charge in [-0.2, -0.15) is 0 Å². The fourth-order valence-corrected chi connectivity index (χ4v) is 2.32. The summed E-state index contributed by atoms with van der Waals surface area (Å²) < 4.78 is 0. The lowest BCUT2D eigenvalue weighted by molar-refractivity contribution is -0.132. The average molecular weight is 212 g/mol. The van der Waals surface area contributed by atoms with Gasteiger partial charge < -0.3 is 15.3 Å². The van der Waals surface area contributed by atoms with Crippen LogP contribution in [0.3, 0.4) is 0 Å². The lowest BCUT2D eigenvalue weighted by atomic mass is 9.85. The van der Waals surface area contributed by atoms with E-state index in [1.165, 1.54) is 19.3 Å². The zero-order valence-corrected chi connectivity index (χ0v) is 9.28. The van der Waals surface area contributed by atoms with Gasteiger partial charge in [0.05, 0.1) is 12.1 Å². The van der Waals surface area contributed by atoms with Crippen LogP contribution in [0.25, 0.3) is 0 Å². The van der Waals surface area contributed by atoms with Crippen molar-refractivity contribution in [1.29, 1.82) is 0 Å². The number of amides is 1. The van der Waals surface area contributed by atoms with Gasteiger partial charge in [0.15, 0.2) is 0 Å². The maximum Gasteiger partial charge on any atom is 0.239 e. The van der Waals surface area contributed by atoms with Crippen LogP contribution in [0.2, 0.25) is 0 Å². The summed E-state index contributed by atoms with van der Waals surface area (Å²) in [5, 5.41) is 12.4. The Kier molecular flexibility index (Phi) is 3.26. The van der Waals surface area contributed by atoms with Crippen LogP contribution in [-0.4, -0.2) is 48.2 Å². The van der Waals surface area contributed by atoms with Crippen molar-refractivity contribution in [2.24, 2.45) is 5.92 Å². The van der Waals surface area contributed by atoms with E-state index in [2.05, 4.69) is 5.32 Å². The summed E-state index contributed by atoms with van der Waals surface area (Å²) >= 11 is 0. The Labute approximate surface area is 90.6 Å². The maximum atomic E-state index is 11.9. The molecule has 0 aromatic heterocycles. The number of aliphatic hydroxyl groups is 1. The number of hydrogen-bond donors (Lipinski definition) is 2. The zero-order chi connectivity index (χ0) is 10.8. The third-order valence-corrected chi connectivity index (χ3v) is 3.54. The van der Waals surface area contributed by atoms with Gasteiger partial charge in [-0.15, -0.1) is 0 Å². The fraction of sp³-hybridized carbons (Fsp3) is 0.909. The van der Waals surface area contributed by atoms with Gasteiger partial charge >= 0.3 is 0 Å². The van der Waals surface area contributed by atoms with E-state index in [0.717, 1.165) is 6.54 Å². The zero-order valence-electron chi connectivity index (χ0n) is 9.28. The van der Waals surface area contributed by atoms with E-state index in [0.29, 0.717) is 18.9 Å². The van der Waals surface area contributed by atoms with E-state index in [4.69, 9.17) is 0 Å². The summed E-state index contributed by atoms with van der Waals surface area (Å²) in [7, 11) is 1.87. The largest absolute Gasteiger partial charge is 0.392 e. The topological polar surface area (TPSA) is 52.6 Å². The third kappa shape index (κ3) is 2.49. The normalized spacial score (nSPS) is 31.3. The molecule has 1 saturated heterocycles. The molecule has 1 aliphatic heterocycles. The van der Waals surface area contributed by atoms with Crippen LogP contribution in [0.4, 0.5) is 0 Å². The highest BCUT2D eigenvalue weighted by Crippen LogP contribution is 2.27. The average Bonchev–Trinajstić information content (AvgIpc) is 2.56. The number of carbonyl (C=O) groups is 1. The van der Waals surface area contributed by atoms with Gasteiger partial charge in [-0.3, -0.25) is 4.79 Å². The first-order chi connectivity index (χ1) is 7.16. The van der Waals surface area contributed by atoms with Crippen molar-refractivity contribution in [2.45, 2.75) is 37.8 Å². The van der Waals surface area contributed by atoms with Crippen molar-refractivity contribution in [1.82, 2.24) is 10.2 Å². The van der Waals surface area contributed by atoms with Crippen molar-refractivity contribution in [3.63, 3.8) is 0 Å². The quantitative estimate of drug-likeness (QED) is 0.690. The van der Waals surface area contributed by atoms with Gasteiger partial charge in [0.25, 0.3) is 0 Å². The molecule has 0 radical (unpaired) electrons. The number of rotatable bonds is 3. The van der Waals surface area contributed by atoms with Crippen molar-refractivity contribution in [2.75, 3.05) is 20.1 Å². The molecular formula is C11H20N2O2. The Morgan fingerprint density at radius 2 is 2.27 bits per heavy atom. The fourth-order valence-electron chi connectivity index (χ4n) is 2.32. The first kappa shape index (κ1) is 10.9. The number of carbonyl (C=O) groups excluding carboxylic acids is 1. The Bertz CT molecular complexity index is 241. The molecule has 1 heterocycles. The Morgan fingerprint density at radius 1 is 1.53 bits per heavy atom. The second kappa shape index (κ2) is 4.49. The number of hydrogen-bond acceptors (Lipinski definition) is 3. The molecule has 1 saturated carbocycles. The summed E-state index contributed by atoms with van der Waals surface area (Å²) in [6.45, 7) is 1.43. The first-order valence-corrected chi connectivity index (χ1v) is 5.83. The molecule has 2 atom stereocenters. The molecule has 86 valence electrons. The van der Waals surface area contributed by atoms with Crippen LogP contribution in [-0.2, 0) is 4.79 Å². The minimum atomic E-state index is -0.351. The van der Waals surface area contributed by atoms with Gasteiger partial charge in [0.2, 0.25) is 5.91 Å².